The van der Waals surface area contributed by atoms with Crippen LogP contribution < -0.4 is 0 Å². The van der Waals surface area contributed by atoms with Gasteiger partial charge < -0.3 is 5.11 Å². The lowest BCUT2D eigenvalue weighted by Gasteiger charge is -2.06. The monoisotopic (exact) mass is 261 g/mol. The van der Waals surface area contributed by atoms with Gasteiger partial charge >= 0.3 is 0 Å². The minimum absolute atomic E-state index is 0.313. The molecule has 0 aliphatic rings. The normalized spacial score (nSPS) is 13.3. The molecule has 1 unspecified atom stereocenters. The van der Waals surface area contributed by atoms with Crippen LogP contribution in [0.2, 0.25) is 0 Å². The molecule has 0 saturated carbocycles. The summed E-state index contributed by atoms with van der Waals surface area (Å²) in [4.78, 5) is 9.46. The molecule has 0 saturated heterocycles. The summed E-state index contributed by atoms with van der Waals surface area (Å²) in [5.74, 6) is 0. The number of rotatable bonds is 5. The third-order valence-electron chi connectivity index (χ3n) is 1.78. The van der Waals surface area contributed by atoms with Crippen LogP contribution in [-0.4, -0.2) is 31.2 Å². The highest BCUT2D eigenvalue weighted by Gasteiger charge is 2.19. The second kappa shape index (κ2) is 5.21. The fourth-order valence-electron chi connectivity index (χ4n) is 1.01. The van der Waals surface area contributed by atoms with Crippen molar-refractivity contribution in [3.05, 3.63) is 34.4 Å². The molecule has 0 radical (unpaired) electrons. The smallest absolute Gasteiger partial charge is 0.297 e. The third kappa shape index (κ3) is 3.77. The van der Waals surface area contributed by atoms with Gasteiger partial charge in [0.1, 0.15) is 4.90 Å². The molecule has 1 aromatic rings. The van der Waals surface area contributed by atoms with E-state index in [4.69, 9.17) is 5.11 Å². The van der Waals surface area contributed by atoms with Gasteiger partial charge in [-0.1, -0.05) is 6.07 Å². The van der Waals surface area contributed by atoms with Gasteiger partial charge in [0, 0.05) is 12.1 Å². The minimum Gasteiger partial charge on any atom is -0.391 e. The van der Waals surface area contributed by atoms with Crippen LogP contribution >= 0.6 is 0 Å². The maximum absolute atomic E-state index is 11.6. The van der Waals surface area contributed by atoms with E-state index >= 15 is 0 Å². The maximum Gasteiger partial charge on any atom is 0.297 e. The molecule has 0 heterocycles. The van der Waals surface area contributed by atoms with Gasteiger partial charge in [0.05, 0.1) is 17.6 Å². The summed E-state index contributed by atoms with van der Waals surface area (Å²) in [6, 6.07) is 4.51. The quantitative estimate of drug-likeness (QED) is 0.474. The molecule has 0 fully saturated rings. The van der Waals surface area contributed by atoms with Crippen molar-refractivity contribution in [2.45, 2.75) is 17.9 Å². The van der Waals surface area contributed by atoms with Gasteiger partial charge in [-0.15, -0.1) is 0 Å². The molecular weight excluding hydrogens is 250 g/mol. The highest BCUT2D eigenvalue weighted by molar-refractivity contribution is 7.86. The molecule has 1 N–H and O–H groups in total. The van der Waals surface area contributed by atoms with E-state index in [0.29, 0.717) is 0 Å². The summed E-state index contributed by atoms with van der Waals surface area (Å²) in [5.41, 5.74) is -0.341. The molecule has 1 rings (SSSR count). The van der Waals surface area contributed by atoms with Crippen LogP contribution in [0.5, 0.6) is 0 Å². The molecule has 0 bridgehead atoms. The van der Waals surface area contributed by atoms with Gasteiger partial charge in [-0.05, 0) is 13.0 Å². The zero-order valence-electron chi connectivity index (χ0n) is 8.94. The van der Waals surface area contributed by atoms with E-state index in [-0.39, 0.29) is 10.6 Å². The molecular formula is C9H11NO6S. The molecule has 1 atom stereocenters. The van der Waals surface area contributed by atoms with Crippen LogP contribution in [0.4, 0.5) is 5.69 Å². The predicted molar refractivity (Wildman–Crippen MR) is 57.9 cm³/mol. The SMILES string of the molecule is CC(O)COS(=O)(=O)c1cccc([N+](=O)[O-])c1. The molecule has 8 heteroatoms. The van der Waals surface area contributed by atoms with Crippen LogP contribution in [0.15, 0.2) is 29.2 Å². The standard InChI is InChI=1S/C9H11NO6S/c1-7(11)6-16-17(14,15)9-4-2-3-8(5-9)10(12)13/h2-5,7,11H,6H2,1H3. The van der Waals surface area contributed by atoms with Crippen molar-refractivity contribution in [3.8, 4) is 0 Å². The van der Waals surface area contributed by atoms with E-state index in [9.17, 15) is 18.5 Å². The predicted octanol–water partition coefficient (Wildman–Crippen LogP) is 0.681. The van der Waals surface area contributed by atoms with Gasteiger partial charge in [0.25, 0.3) is 15.8 Å². The average Bonchev–Trinajstić information content (AvgIpc) is 2.27. The zero-order valence-corrected chi connectivity index (χ0v) is 9.75. The number of benzene rings is 1. The van der Waals surface area contributed by atoms with Gasteiger partial charge in [-0.2, -0.15) is 8.42 Å². The summed E-state index contributed by atoms with van der Waals surface area (Å²) >= 11 is 0. The maximum atomic E-state index is 11.6. The number of nitro benzene ring substituents is 1. The number of aliphatic hydroxyl groups is 1. The lowest BCUT2D eigenvalue weighted by atomic mass is 10.3. The second-order valence-corrected chi connectivity index (χ2v) is 4.96. The molecule has 1 aromatic carbocycles. The van der Waals surface area contributed by atoms with E-state index in [0.717, 1.165) is 6.07 Å². The first kappa shape index (κ1) is 13.6. The Balaban J connectivity index is 2.99. The Bertz CT molecular complexity index is 510. The lowest BCUT2D eigenvalue weighted by molar-refractivity contribution is -0.385. The van der Waals surface area contributed by atoms with E-state index in [1.165, 1.54) is 25.1 Å². The number of nitro groups is 1. The van der Waals surface area contributed by atoms with Crippen LogP contribution in [-0.2, 0) is 14.3 Å². The molecule has 0 spiro atoms. The average molecular weight is 261 g/mol. The third-order valence-corrected chi connectivity index (χ3v) is 3.06. The fraction of sp³-hybridized carbons (Fsp3) is 0.333. The van der Waals surface area contributed by atoms with Crippen molar-refractivity contribution in [1.29, 1.82) is 0 Å². The molecule has 0 aliphatic heterocycles. The van der Waals surface area contributed by atoms with Crippen molar-refractivity contribution in [3.63, 3.8) is 0 Å². The Kier molecular flexibility index (Phi) is 4.16. The Morgan fingerprint density at radius 3 is 2.71 bits per heavy atom. The van der Waals surface area contributed by atoms with Crippen molar-refractivity contribution in [1.82, 2.24) is 0 Å². The largest absolute Gasteiger partial charge is 0.391 e. The van der Waals surface area contributed by atoms with Gasteiger partial charge in [0.2, 0.25) is 0 Å². The van der Waals surface area contributed by atoms with Gasteiger partial charge in [0.15, 0.2) is 0 Å². The summed E-state index contributed by atoms with van der Waals surface area (Å²) < 4.78 is 27.6. The minimum atomic E-state index is -4.08. The fourth-order valence-corrected chi connectivity index (χ4v) is 2.03. The Morgan fingerprint density at radius 1 is 1.53 bits per heavy atom. The van der Waals surface area contributed by atoms with Crippen LogP contribution in [0, 0.1) is 10.1 Å². The topological polar surface area (TPSA) is 107 Å². The number of non-ortho nitro benzene ring substituents is 1. The second-order valence-electron chi connectivity index (χ2n) is 3.34. The zero-order chi connectivity index (χ0) is 13.1. The van der Waals surface area contributed by atoms with E-state index in [2.05, 4.69) is 4.18 Å². The first-order valence-electron chi connectivity index (χ1n) is 4.65. The first-order chi connectivity index (χ1) is 7.83. The first-order valence-corrected chi connectivity index (χ1v) is 6.05. The van der Waals surface area contributed by atoms with Crippen molar-refractivity contribution in [2.75, 3.05) is 6.61 Å². The molecule has 0 aromatic heterocycles. The van der Waals surface area contributed by atoms with E-state index in [1.54, 1.807) is 0 Å². The molecule has 0 aliphatic carbocycles. The van der Waals surface area contributed by atoms with Gasteiger partial charge in [-0.25, -0.2) is 0 Å². The summed E-state index contributed by atoms with van der Waals surface area (Å²) in [5, 5.41) is 19.4. The van der Waals surface area contributed by atoms with Crippen molar-refractivity contribution < 1.29 is 22.6 Å². The van der Waals surface area contributed by atoms with E-state index in [1.807, 2.05) is 0 Å². The number of nitrogens with zero attached hydrogens (tertiary/aromatic N) is 1. The molecule has 7 nitrogen and oxygen atoms in total. The Labute approximate surface area is 97.9 Å². The highest BCUT2D eigenvalue weighted by atomic mass is 32.2. The van der Waals surface area contributed by atoms with E-state index < -0.39 is 27.8 Å². The van der Waals surface area contributed by atoms with Crippen LogP contribution in [0.1, 0.15) is 6.92 Å². The van der Waals surface area contributed by atoms with Crippen LogP contribution in [0.25, 0.3) is 0 Å². The number of hydrogen-bond acceptors (Lipinski definition) is 6. The van der Waals surface area contributed by atoms with Crippen molar-refractivity contribution >= 4 is 15.8 Å². The van der Waals surface area contributed by atoms with Crippen LogP contribution in [0.3, 0.4) is 0 Å². The lowest BCUT2D eigenvalue weighted by Crippen LogP contribution is -2.15. The Hall–Kier alpha value is -1.51. The summed E-state index contributed by atoms with van der Waals surface area (Å²) in [6.07, 6.45) is -0.941. The summed E-state index contributed by atoms with van der Waals surface area (Å²) in [6.45, 7) is 0.966. The number of hydrogen-bond donors (Lipinski definition) is 1. The van der Waals surface area contributed by atoms with Crippen molar-refractivity contribution in [2.24, 2.45) is 0 Å². The highest BCUT2D eigenvalue weighted by Crippen LogP contribution is 2.19. The Morgan fingerprint density at radius 2 is 2.18 bits per heavy atom. The summed E-state index contributed by atoms with van der Waals surface area (Å²) in [7, 11) is -4.08. The number of aliphatic hydroxyl groups excluding tert-OH is 1. The molecule has 0 amide bonds. The molecule has 17 heavy (non-hydrogen) atoms. The molecule has 94 valence electrons. The van der Waals surface area contributed by atoms with Gasteiger partial charge in [-0.3, -0.25) is 14.3 Å².